The number of ether oxygens (including phenoxy) is 2. The molecule has 33 heavy (non-hydrogen) atoms. The van der Waals surface area contributed by atoms with E-state index in [2.05, 4.69) is 16.8 Å². The van der Waals surface area contributed by atoms with Crippen molar-refractivity contribution in [2.45, 2.75) is 25.7 Å². The fourth-order valence-electron chi connectivity index (χ4n) is 3.33. The van der Waals surface area contributed by atoms with Crippen LogP contribution in [-0.2, 0) is 18.0 Å². The van der Waals surface area contributed by atoms with Crippen molar-refractivity contribution in [3.05, 3.63) is 83.0 Å². The van der Waals surface area contributed by atoms with E-state index in [1.165, 1.54) is 18.2 Å². The lowest BCUT2D eigenvalue weighted by atomic mass is 10.1. The fraction of sp³-hybridized carbons (Fsp3) is 0.250. The van der Waals surface area contributed by atoms with Crippen LogP contribution >= 0.6 is 11.6 Å². The summed E-state index contributed by atoms with van der Waals surface area (Å²) in [6, 6.07) is 13.6. The smallest absolute Gasteiger partial charge is 0.133 e. The number of hydrogen-bond donors (Lipinski definition) is 3. The van der Waals surface area contributed by atoms with E-state index in [-0.39, 0.29) is 17.6 Å². The van der Waals surface area contributed by atoms with Gasteiger partial charge in [-0.2, -0.15) is 5.26 Å². The first-order valence-electron chi connectivity index (χ1n) is 10.2. The molecule has 172 valence electrons. The van der Waals surface area contributed by atoms with E-state index in [1.807, 2.05) is 31.3 Å². The molecule has 0 fully saturated rings. The highest BCUT2D eigenvalue weighted by Gasteiger charge is 2.20. The normalized spacial score (nSPS) is 15.7. The molecule has 0 aromatic heterocycles. The number of methoxy groups -OCH3 is 1. The molecule has 1 aliphatic rings. The molecule has 1 heterocycles. The van der Waals surface area contributed by atoms with Gasteiger partial charge in [-0.25, -0.2) is 9.82 Å². The number of anilines is 1. The van der Waals surface area contributed by atoms with E-state index < -0.39 is 6.04 Å². The van der Waals surface area contributed by atoms with E-state index in [0.717, 1.165) is 17.0 Å². The molecule has 0 radical (unpaired) electrons. The minimum absolute atomic E-state index is 0.150. The predicted octanol–water partition coefficient (Wildman–Crippen LogP) is 4.68. The maximum atomic E-state index is 14.0. The Bertz CT molecular complexity index is 1100. The molecule has 1 unspecified atom stereocenters. The molecule has 0 saturated carbocycles. The Kier molecular flexibility index (Phi) is 8.44. The summed E-state index contributed by atoms with van der Waals surface area (Å²) in [5.74, 6) is 0.386. The summed E-state index contributed by atoms with van der Waals surface area (Å²) < 4.78 is 24.9. The van der Waals surface area contributed by atoms with Gasteiger partial charge in [-0.05, 0) is 48.0 Å². The summed E-state index contributed by atoms with van der Waals surface area (Å²) in [4.78, 5) is 0. The van der Waals surface area contributed by atoms with Gasteiger partial charge in [0.15, 0.2) is 0 Å². The molecule has 0 bridgehead atoms. The number of nitrogens with one attached hydrogen (secondary N) is 3. The van der Waals surface area contributed by atoms with Crippen LogP contribution in [0.4, 0.5) is 10.1 Å². The maximum absolute atomic E-state index is 14.0. The number of rotatable bonds is 10. The van der Waals surface area contributed by atoms with Gasteiger partial charge in [0, 0.05) is 36.1 Å². The van der Waals surface area contributed by atoms with Gasteiger partial charge in [0.05, 0.1) is 26.4 Å². The summed E-state index contributed by atoms with van der Waals surface area (Å²) in [6.07, 6.45) is 3.68. The average Bonchev–Trinajstić information content (AvgIpc) is 3.15. The Hall–Kier alpha value is -3.38. The molecule has 2 aromatic carbocycles. The Morgan fingerprint density at radius 2 is 2.06 bits per heavy atom. The monoisotopic (exact) mass is 469 g/mol. The van der Waals surface area contributed by atoms with Crippen molar-refractivity contribution in [3.63, 3.8) is 0 Å². The van der Waals surface area contributed by atoms with Crippen molar-refractivity contribution in [1.82, 2.24) is 10.4 Å². The Morgan fingerprint density at radius 3 is 2.70 bits per heavy atom. The van der Waals surface area contributed by atoms with Crippen molar-refractivity contribution >= 4 is 22.5 Å². The van der Waals surface area contributed by atoms with Crippen molar-refractivity contribution in [2.75, 3.05) is 19.5 Å². The molecule has 2 aromatic rings. The van der Waals surface area contributed by atoms with Crippen LogP contribution < -0.4 is 15.5 Å². The zero-order chi connectivity index (χ0) is 23.8. The van der Waals surface area contributed by atoms with Crippen molar-refractivity contribution in [3.8, 4) is 11.8 Å². The highest BCUT2D eigenvalue weighted by Crippen LogP contribution is 2.25. The van der Waals surface area contributed by atoms with Crippen LogP contribution in [0.3, 0.4) is 0 Å². The first kappa shape index (κ1) is 24.3. The highest BCUT2D eigenvalue weighted by atomic mass is 35.5. The van der Waals surface area contributed by atoms with E-state index >= 15 is 0 Å². The van der Waals surface area contributed by atoms with E-state index in [1.54, 1.807) is 24.3 Å². The van der Waals surface area contributed by atoms with Gasteiger partial charge in [0.1, 0.15) is 22.8 Å². The third-order valence-corrected chi connectivity index (χ3v) is 5.09. The fourth-order valence-corrected chi connectivity index (χ4v) is 3.46. The predicted molar refractivity (Wildman–Crippen MR) is 126 cm³/mol. The standard InChI is InChI=1S/C24H25ClFN5O2/c1-31-21(11-20(13-27)30-31)10-19(12-24(25)28)29-23-8-5-18(26)9-17(23)15-33-14-16-3-6-22(32-2)7-4-16/h3-9,11-12,20,28-30H,10,14-15H2,1-2H3/b19-12-,28-24?. The summed E-state index contributed by atoms with van der Waals surface area (Å²) in [5.41, 5.74) is 6.70. The summed E-state index contributed by atoms with van der Waals surface area (Å²) in [5, 5.41) is 21.7. The quantitative estimate of drug-likeness (QED) is 0.437. The summed E-state index contributed by atoms with van der Waals surface area (Å²) >= 11 is 5.83. The molecular formula is C24H25ClFN5O2. The summed E-state index contributed by atoms with van der Waals surface area (Å²) in [7, 11) is 3.42. The van der Waals surface area contributed by atoms with Gasteiger partial charge >= 0.3 is 0 Å². The van der Waals surface area contributed by atoms with Gasteiger partial charge in [0.2, 0.25) is 0 Å². The maximum Gasteiger partial charge on any atom is 0.133 e. The number of nitriles is 1. The van der Waals surface area contributed by atoms with Gasteiger partial charge in [-0.3, -0.25) is 5.41 Å². The molecular weight excluding hydrogens is 445 g/mol. The first-order valence-corrected chi connectivity index (χ1v) is 10.6. The SMILES string of the molecule is COc1ccc(COCc2cc(F)ccc2N/C(=C\C(=N)Cl)CC2=CC(C#N)NN2C)cc1. The Labute approximate surface area is 197 Å². The van der Waals surface area contributed by atoms with Crippen LogP contribution in [0, 0.1) is 22.6 Å². The molecule has 1 atom stereocenters. The van der Waals surface area contributed by atoms with Crippen LogP contribution in [0.15, 0.2) is 66.0 Å². The van der Waals surface area contributed by atoms with E-state index in [0.29, 0.717) is 30.0 Å². The third-order valence-electron chi connectivity index (χ3n) is 4.98. The van der Waals surface area contributed by atoms with Crippen LogP contribution in [-0.4, -0.2) is 30.4 Å². The molecule has 0 aliphatic carbocycles. The highest BCUT2D eigenvalue weighted by molar-refractivity contribution is 6.67. The second kappa shape index (κ2) is 11.5. The Morgan fingerprint density at radius 1 is 1.30 bits per heavy atom. The molecule has 0 spiro atoms. The molecule has 0 saturated heterocycles. The zero-order valence-corrected chi connectivity index (χ0v) is 19.1. The number of nitrogens with zero attached hydrogens (tertiary/aromatic N) is 2. The zero-order valence-electron chi connectivity index (χ0n) is 18.4. The molecule has 1 aliphatic heterocycles. The number of allylic oxidation sites excluding steroid dienone is 1. The van der Waals surface area contributed by atoms with Gasteiger partial charge in [-0.1, -0.05) is 23.7 Å². The van der Waals surface area contributed by atoms with Crippen molar-refractivity contribution in [1.29, 1.82) is 10.7 Å². The number of hydrogen-bond acceptors (Lipinski definition) is 7. The first-order chi connectivity index (χ1) is 15.9. The minimum Gasteiger partial charge on any atom is -0.497 e. The summed E-state index contributed by atoms with van der Waals surface area (Å²) in [6.45, 7) is 0.534. The largest absolute Gasteiger partial charge is 0.497 e. The van der Waals surface area contributed by atoms with Crippen LogP contribution in [0.2, 0.25) is 0 Å². The number of halogens is 2. The molecule has 7 nitrogen and oxygen atoms in total. The second-order valence-electron chi connectivity index (χ2n) is 7.41. The van der Waals surface area contributed by atoms with Gasteiger partial charge in [0.25, 0.3) is 0 Å². The van der Waals surface area contributed by atoms with Crippen LogP contribution in [0.25, 0.3) is 0 Å². The lowest BCUT2D eigenvalue weighted by Crippen LogP contribution is -2.33. The van der Waals surface area contributed by atoms with Crippen molar-refractivity contribution < 1.29 is 13.9 Å². The van der Waals surface area contributed by atoms with E-state index in [9.17, 15) is 4.39 Å². The lowest BCUT2D eigenvalue weighted by Gasteiger charge is -2.20. The lowest BCUT2D eigenvalue weighted by molar-refractivity contribution is 0.107. The van der Waals surface area contributed by atoms with Crippen LogP contribution in [0.1, 0.15) is 17.5 Å². The molecule has 0 amide bonds. The Balaban J connectivity index is 1.72. The number of hydrazine groups is 1. The molecule has 3 N–H and O–H groups in total. The average molecular weight is 470 g/mol. The second-order valence-corrected chi connectivity index (χ2v) is 7.82. The van der Waals surface area contributed by atoms with Gasteiger partial charge < -0.3 is 19.8 Å². The van der Waals surface area contributed by atoms with E-state index in [4.69, 9.17) is 31.7 Å². The molecule has 3 rings (SSSR count). The van der Waals surface area contributed by atoms with Crippen molar-refractivity contribution in [2.24, 2.45) is 0 Å². The molecule has 9 heteroatoms. The number of benzene rings is 2. The minimum atomic E-state index is -0.422. The topological polar surface area (TPSA) is 93.4 Å². The third kappa shape index (κ3) is 7.05. The van der Waals surface area contributed by atoms with Crippen LogP contribution in [0.5, 0.6) is 5.75 Å². The van der Waals surface area contributed by atoms with Gasteiger partial charge in [-0.15, -0.1) is 0 Å².